The van der Waals surface area contributed by atoms with Crippen LogP contribution in [0.2, 0.25) is 0 Å². The van der Waals surface area contributed by atoms with Gasteiger partial charge >= 0.3 is 5.97 Å². The van der Waals surface area contributed by atoms with Crippen molar-refractivity contribution < 1.29 is 19.4 Å². The van der Waals surface area contributed by atoms with E-state index >= 15 is 0 Å². The largest absolute Gasteiger partial charge is 0.477 e. The van der Waals surface area contributed by atoms with E-state index in [0.29, 0.717) is 38.9 Å². The van der Waals surface area contributed by atoms with Gasteiger partial charge in [-0.05, 0) is 12.8 Å². The summed E-state index contributed by atoms with van der Waals surface area (Å²) in [5, 5.41) is 9.22. The van der Waals surface area contributed by atoms with Crippen molar-refractivity contribution in [1.82, 2.24) is 9.97 Å². The smallest absolute Gasteiger partial charge is 0.342 e. The molecule has 2 fully saturated rings. The summed E-state index contributed by atoms with van der Waals surface area (Å²) in [6.45, 7) is 5.26. The lowest BCUT2D eigenvalue weighted by atomic mass is 10.2. The normalized spacial score (nSPS) is 20.1. The Bertz CT molecular complexity index is 539. The summed E-state index contributed by atoms with van der Waals surface area (Å²) in [6, 6.07) is 0. The van der Waals surface area contributed by atoms with Crippen molar-refractivity contribution in [2.45, 2.75) is 19.8 Å². The molecule has 0 aromatic carbocycles. The third-order valence-electron chi connectivity index (χ3n) is 3.93. The SMILES string of the molecule is CC1(COc2nc(N3CCOCC3)ncc2C(=O)O)CC1. The van der Waals surface area contributed by atoms with Gasteiger partial charge in [-0.25, -0.2) is 9.78 Å². The average Bonchev–Trinajstić information content (AvgIpc) is 3.24. The molecule has 0 atom stereocenters. The number of ether oxygens (including phenoxy) is 2. The first-order valence-electron chi connectivity index (χ1n) is 7.13. The molecule has 1 aromatic heterocycles. The molecule has 7 heteroatoms. The van der Waals surface area contributed by atoms with Gasteiger partial charge in [-0.15, -0.1) is 0 Å². The van der Waals surface area contributed by atoms with Gasteiger partial charge in [0.2, 0.25) is 11.8 Å². The summed E-state index contributed by atoms with van der Waals surface area (Å²) in [7, 11) is 0. The van der Waals surface area contributed by atoms with Gasteiger partial charge in [0.25, 0.3) is 0 Å². The number of aromatic carboxylic acids is 1. The molecule has 3 rings (SSSR count). The van der Waals surface area contributed by atoms with E-state index in [1.807, 2.05) is 4.90 Å². The van der Waals surface area contributed by atoms with Crippen molar-refractivity contribution in [1.29, 1.82) is 0 Å². The van der Waals surface area contributed by atoms with Crippen LogP contribution in [0.15, 0.2) is 6.20 Å². The highest BCUT2D eigenvalue weighted by Gasteiger charge is 2.38. The zero-order chi connectivity index (χ0) is 14.9. The number of nitrogens with zero attached hydrogens (tertiary/aromatic N) is 3. The minimum absolute atomic E-state index is 0.0104. The second-order valence-corrected chi connectivity index (χ2v) is 5.89. The number of aromatic nitrogens is 2. The summed E-state index contributed by atoms with van der Waals surface area (Å²) in [4.78, 5) is 21.7. The third kappa shape index (κ3) is 3.24. The second-order valence-electron chi connectivity index (χ2n) is 5.89. The van der Waals surface area contributed by atoms with Crippen molar-refractivity contribution in [2.24, 2.45) is 5.41 Å². The Balaban J connectivity index is 1.80. The first-order chi connectivity index (χ1) is 10.1. The maximum absolute atomic E-state index is 11.3. The van der Waals surface area contributed by atoms with Crippen molar-refractivity contribution in [3.05, 3.63) is 11.8 Å². The molecule has 1 aliphatic heterocycles. The molecule has 0 amide bonds. The summed E-state index contributed by atoms with van der Waals surface area (Å²) in [6.07, 6.45) is 3.54. The molecule has 21 heavy (non-hydrogen) atoms. The van der Waals surface area contributed by atoms with Crippen molar-refractivity contribution >= 4 is 11.9 Å². The maximum Gasteiger partial charge on any atom is 0.342 e. The molecule has 1 N–H and O–H groups in total. The van der Waals surface area contributed by atoms with Crippen LogP contribution in [0.4, 0.5) is 5.95 Å². The molecule has 0 spiro atoms. The average molecular weight is 293 g/mol. The van der Waals surface area contributed by atoms with Crippen molar-refractivity contribution in [3.63, 3.8) is 0 Å². The molecule has 1 saturated heterocycles. The molecule has 114 valence electrons. The Morgan fingerprint density at radius 1 is 1.48 bits per heavy atom. The van der Waals surface area contributed by atoms with Crippen LogP contribution in [0.3, 0.4) is 0 Å². The molecule has 2 heterocycles. The minimum atomic E-state index is -1.07. The molecule has 0 bridgehead atoms. The summed E-state index contributed by atoms with van der Waals surface area (Å²) in [5.41, 5.74) is 0.177. The van der Waals surface area contributed by atoms with E-state index in [9.17, 15) is 9.90 Å². The lowest BCUT2D eigenvalue weighted by molar-refractivity contribution is 0.0689. The molecule has 0 radical (unpaired) electrons. The fourth-order valence-electron chi connectivity index (χ4n) is 2.13. The van der Waals surface area contributed by atoms with Crippen LogP contribution in [0.1, 0.15) is 30.1 Å². The van der Waals surface area contributed by atoms with Gasteiger partial charge in [0, 0.05) is 18.5 Å². The molecule has 0 unspecified atom stereocenters. The summed E-state index contributed by atoms with van der Waals surface area (Å²) >= 11 is 0. The molecular formula is C14H19N3O4. The second kappa shape index (κ2) is 5.48. The number of hydrogen-bond donors (Lipinski definition) is 1. The Labute approximate surface area is 122 Å². The Kier molecular flexibility index (Phi) is 3.67. The molecule has 1 saturated carbocycles. The van der Waals surface area contributed by atoms with Gasteiger partial charge in [-0.3, -0.25) is 0 Å². The van der Waals surface area contributed by atoms with Gasteiger partial charge in [-0.1, -0.05) is 6.92 Å². The van der Waals surface area contributed by atoms with Crippen LogP contribution >= 0.6 is 0 Å². The number of anilines is 1. The van der Waals surface area contributed by atoms with Gasteiger partial charge in [-0.2, -0.15) is 4.98 Å². The first kappa shape index (κ1) is 14.1. The highest BCUT2D eigenvalue weighted by molar-refractivity contribution is 5.89. The minimum Gasteiger partial charge on any atom is -0.477 e. The number of carbonyl (C=O) groups is 1. The molecular weight excluding hydrogens is 274 g/mol. The fourth-order valence-corrected chi connectivity index (χ4v) is 2.13. The lowest BCUT2D eigenvalue weighted by Crippen LogP contribution is -2.37. The van der Waals surface area contributed by atoms with Crippen LogP contribution in [-0.4, -0.2) is 54.0 Å². The number of hydrogen-bond acceptors (Lipinski definition) is 6. The Morgan fingerprint density at radius 3 is 2.81 bits per heavy atom. The predicted octanol–water partition coefficient (Wildman–Crippen LogP) is 1.19. The number of carboxylic acids is 1. The standard InChI is InChI=1S/C14H19N3O4/c1-14(2-3-14)9-21-11-10(12(18)19)8-15-13(16-11)17-4-6-20-7-5-17/h8H,2-7,9H2,1H3,(H,18,19). The topological polar surface area (TPSA) is 84.8 Å². The predicted molar refractivity (Wildman–Crippen MR) is 74.9 cm³/mol. The molecule has 1 aromatic rings. The zero-order valence-corrected chi connectivity index (χ0v) is 12.0. The molecule has 2 aliphatic rings. The van der Waals surface area contributed by atoms with E-state index in [4.69, 9.17) is 9.47 Å². The molecule has 1 aliphatic carbocycles. The van der Waals surface area contributed by atoms with Crippen LogP contribution < -0.4 is 9.64 Å². The summed E-state index contributed by atoms with van der Waals surface area (Å²) in [5.74, 6) is -0.411. The highest BCUT2D eigenvalue weighted by Crippen LogP contribution is 2.45. The van der Waals surface area contributed by atoms with Gasteiger partial charge in [0.15, 0.2) is 0 Å². The maximum atomic E-state index is 11.3. The van der Waals surface area contributed by atoms with Crippen LogP contribution in [0, 0.1) is 5.41 Å². The number of carboxylic acid groups (broad SMARTS) is 1. The van der Waals surface area contributed by atoms with E-state index in [-0.39, 0.29) is 16.9 Å². The zero-order valence-electron chi connectivity index (χ0n) is 12.0. The van der Waals surface area contributed by atoms with Crippen LogP contribution in [-0.2, 0) is 4.74 Å². The van der Waals surface area contributed by atoms with Crippen LogP contribution in [0.5, 0.6) is 5.88 Å². The van der Waals surface area contributed by atoms with E-state index in [1.54, 1.807) is 0 Å². The Morgan fingerprint density at radius 2 is 2.19 bits per heavy atom. The third-order valence-corrected chi connectivity index (χ3v) is 3.93. The van der Waals surface area contributed by atoms with E-state index in [0.717, 1.165) is 12.8 Å². The summed E-state index contributed by atoms with van der Waals surface area (Å²) < 4.78 is 11.0. The van der Waals surface area contributed by atoms with E-state index < -0.39 is 5.97 Å². The lowest BCUT2D eigenvalue weighted by Gasteiger charge is -2.27. The van der Waals surface area contributed by atoms with E-state index in [2.05, 4.69) is 16.9 Å². The van der Waals surface area contributed by atoms with E-state index in [1.165, 1.54) is 6.20 Å². The number of rotatable bonds is 5. The van der Waals surface area contributed by atoms with Crippen LogP contribution in [0.25, 0.3) is 0 Å². The van der Waals surface area contributed by atoms with Gasteiger partial charge in [0.1, 0.15) is 5.56 Å². The molecule has 7 nitrogen and oxygen atoms in total. The van der Waals surface area contributed by atoms with Crippen molar-refractivity contribution in [2.75, 3.05) is 37.8 Å². The fraction of sp³-hybridized carbons (Fsp3) is 0.643. The van der Waals surface area contributed by atoms with Crippen molar-refractivity contribution in [3.8, 4) is 5.88 Å². The quantitative estimate of drug-likeness (QED) is 0.872. The Hall–Kier alpha value is -1.89. The first-order valence-corrected chi connectivity index (χ1v) is 7.13. The highest BCUT2D eigenvalue weighted by atomic mass is 16.5. The monoisotopic (exact) mass is 293 g/mol. The van der Waals surface area contributed by atoms with Gasteiger partial charge in [0.05, 0.1) is 26.0 Å². The van der Waals surface area contributed by atoms with Gasteiger partial charge < -0.3 is 19.5 Å². The number of morpholine rings is 1.